The largest absolute Gasteiger partial charge is 0.486 e. The van der Waals surface area contributed by atoms with Gasteiger partial charge in [-0.15, -0.1) is 0 Å². The van der Waals surface area contributed by atoms with Crippen molar-refractivity contribution < 1.29 is 28.4 Å². The van der Waals surface area contributed by atoms with Gasteiger partial charge in [-0.2, -0.15) is 0 Å². The van der Waals surface area contributed by atoms with Crippen LogP contribution in [0.1, 0.15) is 13.3 Å². The molecule has 0 radical (unpaired) electrons. The van der Waals surface area contributed by atoms with Crippen LogP contribution in [0.4, 0.5) is 0 Å². The SMILES string of the molecule is C[C@@H]1CN(C(=O)CCS(=O)c2ccc3c(c2)OCCO3)C[C@H]1C(=O)O. The van der Waals surface area contributed by atoms with E-state index in [2.05, 4.69) is 0 Å². The molecule has 8 heteroatoms. The monoisotopic (exact) mass is 367 g/mol. The van der Waals surface area contributed by atoms with Crippen LogP contribution in [0.2, 0.25) is 0 Å². The summed E-state index contributed by atoms with van der Waals surface area (Å²) in [4.78, 5) is 25.6. The normalized spacial score (nSPS) is 23.3. The molecule has 1 amide bonds. The first-order valence-electron chi connectivity index (χ1n) is 8.24. The van der Waals surface area contributed by atoms with Crippen molar-refractivity contribution in [3.05, 3.63) is 18.2 Å². The topological polar surface area (TPSA) is 93.1 Å². The summed E-state index contributed by atoms with van der Waals surface area (Å²) in [6, 6.07) is 5.13. The molecule has 1 aromatic carbocycles. The van der Waals surface area contributed by atoms with Crippen molar-refractivity contribution in [2.45, 2.75) is 18.2 Å². The molecule has 2 aliphatic heterocycles. The first kappa shape index (κ1) is 17.7. The van der Waals surface area contributed by atoms with Gasteiger partial charge in [0.15, 0.2) is 11.5 Å². The molecular weight excluding hydrogens is 346 g/mol. The number of carboxylic acids is 1. The van der Waals surface area contributed by atoms with E-state index in [-0.39, 0.29) is 30.5 Å². The Morgan fingerprint density at radius 3 is 2.64 bits per heavy atom. The Morgan fingerprint density at radius 1 is 1.24 bits per heavy atom. The molecule has 0 saturated carbocycles. The summed E-state index contributed by atoms with van der Waals surface area (Å²) in [5.74, 6) is -0.211. The molecule has 3 atom stereocenters. The van der Waals surface area contributed by atoms with Gasteiger partial charge < -0.3 is 19.5 Å². The number of benzene rings is 1. The lowest BCUT2D eigenvalue weighted by atomic mass is 9.99. The summed E-state index contributed by atoms with van der Waals surface area (Å²) < 4.78 is 23.3. The fraction of sp³-hybridized carbons (Fsp3) is 0.529. The highest BCUT2D eigenvalue weighted by atomic mass is 32.2. The first-order chi connectivity index (χ1) is 12.0. The predicted molar refractivity (Wildman–Crippen MR) is 90.2 cm³/mol. The minimum atomic E-state index is -1.33. The lowest BCUT2D eigenvalue weighted by Gasteiger charge is -2.19. The number of carbonyl (C=O) groups is 2. The van der Waals surface area contributed by atoms with Crippen molar-refractivity contribution in [1.29, 1.82) is 0 Å². The fourth-order valence-electron chi connectivity index (χ4n) is 3.11. The number of amides is 1. The highest BCUT2D eigenvalue weighted by Gasteiger charge is 2.36. The summed E-state index contributed by atoms with van der Waals surface area (Å²) in [7, 11) is -1.33. The highest BCUT2D eigenvalue weighted by Crippen LogP contribution is 2.32. The number of hydrogen-bond acceptors (Lipinski definition) is 5. The molecule has 1 unspecified atom stereocenters. The number of carbonyl (C=O) groups excluding carboxylic acids is 1. The second kappa shape index (κ2) is 7.43. The van der Waals surface area contributed by atoms with Gasteiger partial charge in [-0.05, 0) is 18.1 Å². The van der Waals surface area contributed by atoms with Crippen LogP contribution in [0.15, 0.2) is 23.1 Å². The van der Waals surface area contributed by atoms with Crippen LogP contribution in [0.5, 0.6) is 11.5 Å². The molecule has 0 aliphatic carbocycles. The Balaban J connectivity index is 1.55. The van der Waals surface area contributed by atoms with Crippen LogP contribution in [0.3, 0.4) is 0 Å². The average molecular weight is 367 g/mol. The number of fused-ring (bicyclic) bond motifs is 1. The molecule has 0 bridgehead atoms. The zero-order valence-electron chi connectivity index (χ0n) is 14.0. The molecule has 1 aromatic rings. The lowest BCUT2D eigenvalue weighted by molar-refractivity contribution is -0.142. The molecule has 2 heterocycles. The Bertz CT molecular complexity index is 706. The molecule has 1 fully saturated rings. The zero-order chi connectivity index (χ0) is 18.0. The van der Waals surface area contributed by atoms with Gasteiger partial charge in [-0.25, -0.2) is 0 Å². The maximum absolute atomic E-state index is 12.4. The number of carboxylic acid groups (broad SMARTS) is 1. The van der Waals surface area contributed by atoms with E-state index in [1.807, 2.05) is 6.92 Å². The minimum absolute atomic E-state index is 0.0651. The lowest BCUT2D eigenvalue weighted by Crippen LogP contribution is -2.30. The van der Waals surface area contributed by atoms with Crippen molar-refractivity contribution in [2.75, 3.05) is 32.1 Å². The molecular formula is C17H21NO6S. The van der Waals surface area contributed by atoms with Gasteiger partial charge >= 0.3 is 5.97 Å². The van der Waals surface area contributed by atoms with E-state index in [4.69, 9.17) is 14.6 Å². The van der Waals surface area contributed by atoms with Crippen molar-refractivity contribution in [2.24, 2.45) is 11.8 Å². The number of likely N-dealkylation sites (tertiary alicyclic amines) is 1. The maximum Gasteiger partial charge on any atom is 0.308 e. The van der Waals surface area contributed by atoms with E-state index in [1.165, 1.54) is 0 Å². The number of ether oxygens (including phenoxy) is 2. The standard InChI is InChI=1S/C17H21NO6S/c1-11-9-18(10-13(11)17(20)21)16(19)4-7-25(22)12-2-3-14-15(8-12)24-6-5-23-14/h2-3,8,11,13H,4-7,9-10H2,1H3,(H,20,21)/t11-,13-,25?/m1/s1. The van der Waals surface area contributed by atoms with E-state index in [9.17, 15) is 13.8 Å². The molecule has 7 nitrogen and oxygen atoms in total. The number of nitrogens with zero attached hydrogens (tertiary/aromatic N) is 1. The molecule has 0 aromatic heterocycles. The average Bonchev–Trinajstić information content (AvgIpc) is 3.01. The molecule has 3 rings (SSSR count). The van der Waals surface area contributed by atoms with Gasteiger partial charge in [0.25, 0.3) is 0 Å². The molecule has 0 spiro atoms. The van der Waals surface area contributed by atoms with Crippen LogP contribution in [-0.2, 0) is 20.4 Å². The van der Waals surface area contributed by atoms with Crippen LogP contribution < -0.4 is 9.47 Å². The van der Waals surface area contributed by atoms with Gasteiger partial charge in [-0.1, -0.05) is 6.92 Å². The summed E-state index contributed by atoms with van der Waals surface area (Å²) in [6.45, 7) is 3.45. The molecule has 1 N–H and O–H groups in total. The van der Waals surface area contributed by atoms with E-state index >= 15 is 0 Å². The molecule has 25 heavy (non-hydrogen) atoms. The smallest absolute Gasteiger partial charge is 0.308 e. The van der Waals surface area contributed by atoms with Crippen LogP contribution in [0.25, 0.3) is 0 Å². The Labute approximate surface area is 148 Å². The minimum Gasteiger partial charge on any atom is -0.486 e. The molecule has 1 saturated heterocycles. The van der Waals surface area contributed by atoms with Gasteiger partial charge in [0, 0.05) is 36.2 Å². The second-order valence-corrected chi connectivity index (χ2v) is 7.90. The van der Waals surface area contributed by atoms with Crippen LogP contribution in [0, 0.1) is 11.8 Å². The first-order valence-corrected chi connectivity index (χ1v) is 9.56. The van der Waals surface area contributed by atoms with E-state index in [0.29, 0.717) is 36.2 Å². The third-order valence-electron chi connectivity index (χ3n) is 4.56. The number of rotatable bonds is 5. The third-order valence-corrected chi connectivity index (χ3v) is 5.91. The van der Waals surface area contributed by atoms with Crippen molar-refractivity contribution >= 4 is 22.7 Å². The van der Waals surface area contributed by atoms with Crippen LogP contribution >= 0.6 is 0 Å². The van der Waals surface area contributed by atoms with Gasteiger partial charge in [-0.3, -0.25) is 13.8 Å². The summed E-state index contributed by atoms with van der Waals surface area (Å²) in [6.07, 6.45) is 0.125. The van der Waals surface area contributed by atoms with Crippen molar-refractivity contribution in [1.82, 2.24) is 4.90 Å². The van der Waals surface area contributed by atoms with E-state index in [0.717, 1.165) is 0 Å². The fourth-order valence-corrected chi connectivity index (χ4v) is 4.17. The summed E-state index contributed by atoms with van der Waals surface area (Å²) in [5.41, 5.74) is 0. The zero-order valence-corrected chi connectivity index (χ0v) is 14.8. The maximum atomic E-state index is 12.4. The Morgan fingerprint density at radius 2 is 1.96 bits per heavy atom. The highest BCUT2D eigenvalue weighted by molar-refractivity contribution is 7.85. The van der Waals surface area contributed by atoms with Crippen LogP contribution in [-0.4, -0.2) is 58.1 Å². The van der Waals surface area contributed by atoms with Gasteiger partial charge in [0.05, 0.1) is 16.7 Å². The van der Waals surface area contributed by atoms with Crippen molar-refractivity contribution in [3.63, 3.8) is 0 Å². The number of aliphatic carboxylic acids is 1. The summed E-state index contributed by atoms with van der Waals surface area (Å²) >= 11 is 0. The quantitative estimate of drug-likeness (QED) is 0.839. The van der Waals surface area contributed by atoms with Crippen molar-refractivity contribution in [3.8, 4) is 11.5 Å². The number of hydrogen-bond donors (Lipinski definition) is 1. The van der Waals surface area contributed by atoms with Gasteiger partial charge in [0.1, 0.15) is 13.2 Å². The van der Waals surface area contributed by atoms with E-state index < -0.39 is 22.7 Å². The molecule has 136 valence electrons. The Kier molecular flexibility index (Phi) is 5.27. The Hall–Kier alpha value is -2.09. The third kappa shape index (κ3) is 3.95. The summed E-state index contributed by atoms with van der Waals surface area (Å²) in [5, 5.41) is 9.14. The predicted octanol–water partition coefficient (Wildman–Crippen LogP) is 1.13. The molecule has 2 aliphatic rings. The van der Waals surface area contributed by atoms with E-state index in [1.54, 1.807) is 23.1 Å². The second-order valence-electron chi connectivity index (χ2n) is 6.33. The van der Waals surface area contributed by atoms with Gasteiger partial charge in [0.2, 0.25) is 5.91 Å².